The molecule has 100 valence electrons. The summed E-state index contributed by atoms with van der Waals surface area (Å²) in [5.74, 6) is 0.735. The number of H-pyrrole nitrogens is 1. The van der Waals surface area contributed by atoms with Gasteiger partial charge < -0.3 is 10.3 Å². The highest BCUT2D eigenvalue weighted by molar-refractivity contribution is 6.34. The molecule has 0 unspecified atom stereocenters. The molecule has 1 aromatic heterocycles. The molecule has 0 saturated heterocycles. The number of hydrogen-bond acceptors (Lipinski definition) is 2. The van der Waals surface area contributed by atoms with Crippen LogP contribution in [0.4, 0.5) is 5.69 Å². The van der Waals surface area contributed by atoms with Crippen LogP contribution >= 0.6 is 0 Å². The van der Waals surface area contributed by atoms with E-state index in [4.69, 9.17) is 0 Å². The van der Waals surface area contributed by atoms with Crippen LogP contribution in [0.1, 0.15) is 35.6 Å². The van der Waals surface area contributed by atoms with E-state index in [0.29, 0.717) is 5.57 Å². The van der Waals surface area contributed by atoms with E-state index in [2.05, 4.69) is 15.3 Å². The van der Waals surface area contributed by atoms with Crippen LogP contribution in [-0.4, -0.2) is 15.9 Å². The van der Waals surface area contributed by atoms with Gasteiger partial charge in [-0.05, 0) is 37.8 Å². The molecule has 4 nitrogen and oxygen atoms in total. The lowest BCUT2D eigenvalue weighted by Gasteiger charge is -2.07. The minimum absolute atomic E-state index is 0.0550. The number of benzene rings is 1. The highest BCUT2D eigenvalue weighted by Gasteiger charge is 2.24. The summed E-state index contributed by atoms with van der Waals surface area (Å²) >= 11 is 0. The zero-order chi connectivity index (χ0) is 13.5. The van der Waals surface area contributed by atoms with Crippen LogP contribution in [0.2, 0.25) is 0 Å². The summed E-state index contributed by atoms with van der Waals surface area (Å²) < 4.78 is 0. The summed E-state index contributed by atoms with van der Waals surface area (Å²) in [7, 11) is 0. The van der Waals surface area contributed by atoms with Crippen molar-refractivity contribution < 1.29 is 4.79 Å². The number of para-hydroxylation sites is 1. The zero-order valence-electron chi connectivity index (χ0n) is 11.1. The van der Waals surface area contributed by atoms with E-state index in [9.17, 15) is 4.79 Å². The lowest BCUT2D eigenvalue weighted by molar-refractivity contribution is -0.110. The van der Waals surface area contributed by atoms with E-state index < -0.39 is 0 Å². The fourth-order valence-electron chi connectivity index (χ4n) is 2.96. The zero-order valence-corrected chi connectivity index (χ0v) is 11.1. The lowest BCUT2D eigenvalue weighted by atomic mass is 10.0. The van der Waals surface area contributed by atoms with Crippen molar-refractivity contribution in [2.24, 2.45) is 0 Å². The molecule has 1 amide bonds. The van der Waals surface area contributed by atoms with Crippen LogP contribution in [-0.2, 0) is 17.6 Å². The van der Waals surface area contributed by atoms with Crippen molar-refractivity contribution in [3.05, 3.63) is 47.0 Å². The Bertz CT molecular complexity index is 704. The minimum atomic E-state index is -0.0550. The maximum atomic E-state index is 12.1. The number of nitrogens with one attached hydrogen (secondary N) is 2. The van der Waals surface area contributed by atoms with Gasteiger partial charge >= 0.3 is 0 Å². The summed E-state index contributed by atoms with van der Waals surface area (Å²) in [6, 6.07) is 7.75. The Morgan fingerprint density at radius 3 is 2.90 bits per heavy atom. The number of rotatable bonds is 1. The van der Waals surface area contributed by atoms with Gasteiger partial charge in [-0.2, -0.15) is 0 Å². The van der Waals surface area contributed by atoms with Gasteiger partial charge in [0.25, 0.3) is 5.91 Å². The van der Waals surface area contributed by atoms with Crippen molar-refractivity contribution in [3.8, 4) is 0 Å². The number of carbonyl (C=O) groups excluding carboxylic acids is 1. The normalized spacial score (nSPS) is 18.8. The van der Waals surface area contributed by atoms with Crippen LogP contribution < -0.4 is 5.32 Å². The third-order valence-corrected chi connectivity index (χ3v) is 3.96. The molecule has 2 heterocycles. The highest BCUT2D eigenvalue weighted by atomic mass is 16.2. The highest BCUT2D eigenvalue weighted by Crippen LogP contribution is 2.32. The Balaban J connectivity index is 1.77. The Morgan fingerprint density at radius 2 is 2.00 bits per heavy atom. The molecule has 1 aromatic carbocycles. The van der Waals surface area contributed by atoms with Crippen molar-refractivity contribution in [1.29, 1.82) is 0 Å². The molecule has 0 spiro atoms. The molecule has 1 aliphatic carbocycles. The number of anilines is 1. The van der Waals surface area contributed by atoms with Crippen LogP contribution in [0.25, 0.3) is 11.6 Å². The van der Waals surface area contributed by atoms with Gasteiger partial charge in [-0.1, -0.05) is 18.2 Å². The predicted molar refractivity (Wildman–Crippen MR) is 78.2 cm³/mol. The SMILES string of the molecule is O=C1Nc2ccccc2C1=Cc1nc2c([nH]1)CCCC2. The van der Waals surface area contributed by atoms with Crippen LogP contribution in [0.15, 0.2) is 24.3 Å². The Morgan fingerprint density at radius 1 is 1.15 bits per heavy atom. The number of nitrogens with zero attached hydrogens (tertiary/aromatic N) is 1. The molecular weight excluding hydrogens is 250 g/mol. The first-order valence-electron chi connectivity index (χ1n) is 7.01. The molecule has 4 rings (SSSR count). The maximum Gasteiger partial charge on any atom is 0.256 e. The van der Waals surface area contributed by atoms with Crippen molar-refractivity contribution >= 4 is 23.2 Å². The van der Waals surface area contributed by atoms with E-state index in [-0.39, 0.29) is 5.91 Å². The van der Waals surface area contributed by atoms with Gasteiger partial charge in [0, 0.05) is 16.9 Å². The van der Waals surface area contributed by atoms with Gasteiger partial charge in [-0.3, -0.25) is 4.79 Å². The van der Waals surface area contributed by atoms with Gasteiger partial charge in [-0.25, -0.2) is 4.98 Å². The number of carbonyl (C=O) groups is 1. The molecular formula is C16H15N3O. The van der Waals surface area contributed by atoms with Gasteiger partial charge in [0.1, 0.15) is 5.82 Å². The standard InChI is InChI=1S/C16H15N3O/c20-16-11(10-5-1-2-6-12(10)19-16)9-15-17-13-7-3-4-8-14(13)18-15/h1-2,5-6,9H,3-4,7-8H2,(H,17,18)(H,19,20). The number of fused-ring (bicyclic) bond motifs is 2. The van der Waals surface area contributed by atoms with Crippen molar-refractivity contribution in [2.45, 2.75) is 25.7 Å². The molecule has 2 N–H and O–H groups in total. The first-order chi connectivity index (χ1) is 9.81. The van der Waals surface area contributed by atoms with Crippen LogP contribution in [0.5, 0.6) is 0 Å². The summed E-state index contributed by atoms with van der Waals surface area (Å²) in [6.45, 7) is 0. The predicted octanol–water partition coefficient (Wildman–Crippen LogP) is 2.78. The van der Waals surface area contributed by atoms with Gasteiger partial charge in [0.15, 0.2) is 0 Å². The second-order valence-corrected chi connectivity index (χ2v) is 5.31. The monoisotopic (exact) mass is 265 g/mol. The molecule has 1 aliphatic heterocycles. The van der Waals surface area contributed by atoms with Crippen molar-refractivity contribution in [3.63, 3.8) is 0 Å². The molecule has 0 bridgehead atoms. The molecule has 0 fully saturated rings. The Hall–Kier alpha value is -2.36. The molecule has 2 aromatic rings. The molecule has 0 radical (unpaired) electrons. The fourth-order valence-corrected chi connectivity index (χ4v) is 2.96. The number of aromatic nitrogens is 2. The summed E-state index contributed by atoms with van der Waals surface area (Å²) in [5.41, 5.74) is 4.91. The van der Waals surface area contributed by atoms with Gasteiger partial charge in [-0.15, -0.1) is 0 Å². The summed E-state index contributed by atoms with van der Waals surface area (Å²) in [4.78, 5) is 20.0. The number of aryl methyl sites for hydroxylation is 2. The Kier molecular flexibility index (Phi) is 2.49. The van der Waals surface area contributed by atoms with E-state index in [1.54, 1.807) is 0 Å². The van der Waals surface area contributed by atoms with E-state index in [1.807, 2.05) is 30.3 Å². The average Bonchev–Trinajstić information content (AvgIpc) is 3.00. The average molecular weight is 265 g/mol. The topological polar surface area (TPSA) is 57.8 Å². The largest absolute Gasteiger partial charge is 0.342 e. The molecule has 2 aliphatic rings. The Labute approximate surface area is 116 Å². The first-order valence-corrected chi connectivity index (χ1v) is 7.01. The second kappa shape index (κ2) is 4.34. The molecule has 4 heteroatoms. The lowest BCUT2D eigenvalue weighted by Crippen LogP contribution is -2.03. The molecule has 0 atom stereocenters. The van der Waals surface area contributed by atoms with E-state index in [1.165, 1.54) is 18.5 Å². The van der Waals surface area contributed by atoms with Crippen LogP contribution in [0.3, 0.4) is 0 Å². The van der Waals surface area contributed by atoms with Crippen molar-refractivity contribution in [2.75, 3.05) is 5.32 Å². The van der Waals surface area contributed by atoms with Gasteiger partial charge in [0.2, 0.25) is 0 Å². The number of hydrogen-bond donors (Lipinski definition) is 2. The summed E-state index contributed by atoms with van der Waals surface area (Å²) in [6.07, 6.45) is 6.39. The number of imidazole rings is 1. The van der Waals surface area contributed by atoms with Gasteiger partial charge in [0.05, 0.1) is 11.3 Å². The summed E-state index contributed by atoms with van der Waals surface area (Å²) in [5, 5.41) is 2.88. The smallest absolute Gasteiger partial charge is 0.256 e. The maximum absolute atomic E-state index is 12.1. The van der Waals surface area contributed by atoms with E-state index >= 15 is 0 Å². The number of aromatic amines is 1. The first kappa shape index (κ1) is 11.5. The molecule has 0 saturated carbocycles. The minimum Gasteiger partial charge on any atom is -0.342 e. The third kappa shape index (κ3) is 1.76. The quantitative estimate of drug-likeness (QED) is 0.779. The second-order valence-electron chi connectivity index (χ2n) is 5.31. The third-order valence-electron chi connectivity index (χ3n) is 3.96. The van der Waals surface area contributed by atoms with E-state index in [0.717, 1.165) is 35.6 Å². The fraction of sp³-hybridized carbons (Fsp3) is 0.250. The van der Waals surface area contributed by atoms with Crippen LogP contribution in [0, 0.1) is 0 Å². The van der Waals surface area contributed by atoms with Crippen molar-refractivity contribution in [1.82, 2.24) is 9.97 Å². The molecule has 20 heavy (non-hydrogen) atoms. The number of amides is 1.